The van der Waals surface area contributed by atoms with Crippen LogP contribution in [0.15, 0.2) is 36.9 Å². The van der Waals surface area contributed by atoms with E-state index < -0.39 is 0 Å². The molecule has 2 rings (SSSR count). The van der Waals surface area contributed by atoms with Gasteiger partial charge in [0.25, 0.3) is 0 Å². The Morgan fingerprint density at radius 3 is 2.67 bits per heavy atom. The Labute approximate surface area is 108 Å². The fourth-order valence-electron chi connectivity index (χ4n) is 2.14. The Balaban J connectivity index is 2.01. The van der Waals surface area contributed by atoms with Crippen LogP contribution in [0.5, 0.6) is 0 Å². The van der Waals surface area contributed by atoms with E-state index in [1.165, 1.54) is 5.56 Å². The summed E-state index contributed by atoms with van der Waals surface area (Å²) in [4.78, 5) is 8.48. The van der Waals surface area contributed by atoms with E-state index in [-0.39, 0.29) is 0 Å². The van der Waals surface area contributed by atoms with Crippen molar-refractivity contribution in [1.29, 1.82) is 0 Å². The third-order valence-electron chi connectivity index (χ3n) is 3.09. The summed E-state index contributed by atoms with van der Waals surface area (Å²) in [7, 11) is 2.04. The molecule has 2 heterocycles. The largest absolute Gasteiger partial charge is 0.337 e. The van der Waals surface area contributed by atoms with Crippen molar-refractivity contribution in [3.05, 3.63) is 48.3 Å². The van der Waals surface area contributed by atoms with Gasteiger partial charge in [0, 0.05) is 31.8 Å². The van der Waals surface area contributed by atoms with E-state index in [0.29, 0.717) is 6.04 Å². The summed E-state index contributed by atoms with van der Waals surface area (Å²) < 4.78 is 2.08. The second-order valence-electron chi connectivity index (χ2n) is 4.40. The highest BCUT2D eigenvalue weighted by Crippen LogP contribution is 2.17. The molecule has 0 aliphatic carbocycles. The molecule has 0 aliphatic rings. The fourth-order valence-corrected chi connectivity index (χ4v) is 2.14. The van der Waals surface area contributed by atoms with Gasteiger partial charge in [-0.2, -0.15) is 0 Å². The van der Waals surface area contributed by atoms with Crippen molar-refractivity contribution < 1.29 is 0 Å². The number of aromatic nitrogens is 3. The molecule has 96 valence electrons. The van der Waals surface area contributed by atoms with Gasteiger partial charge in [-0.25, -0.2) is 4.98 Å². The van der Waals surface area contributed by atoms with Crippen LogP contribution >= 0.6 is 0 Å². The number of nitrogens with one attached hydrogen (secondary N) is 1. The lowest BCUT2D eigenvalue weighted by Gasteiger charge is -2.17. The average molecular weight is 244 g/mol. The van der Waals surface area contributed by atoms with E-state index in [4.69, 9.17) is 0 Å². The van der Waals surface area contributed by atoms with Gasteiger partial charge in [-0.05, 0) is 37.1 Å². The second kappa shape index (κ2) is 6.31. The molecule has 0 radical (unpaired) electrons. The van der Waals surface area contributed by atoms with Crippen LogP contribution in [0.1, 0.15) is 30.8 Å². The van der Waals surface area contributed by atoms with Crippen LogP contribution in [0.2, 0.25) is 0 Å². The third kappa shape index (κ3) is 3.17. The normalized spacial score (nSPS) is 12.6. The van der Waals surface area contributed by atoms with E-state index >= 15 is 0 Å². The standard InChI is InChI=1S/C14H20N4/c1-3-16-13(14-17-10-11-18(14)2)5-4-12-6-8-15-9-7-12/h6-11,13,16H,3-5H2,1-2H3. The third-order valence-corrected chi connectivity index (χ3v) is 3.09. The first kappa shape index (κ1) is 12.8. The van der Waals surface area contributed by atoms with Gasteiger partial charge in [0.1, 0.15) is 5.82 Å². The van der Waals surface area contributed by atoms with E-state index in [1.807, 2.05) is 31.8 Å². The van der Waals surface area contributed by atoms with Gasteiger partial charge in [0.15, 0.2) is 0 Å². The second-order valence-corrected chi connectivity index (χ2v) is 4.40. The minimum Gasteiger partial charge on any atom is -0.337 e. The number of rotatable bonds is 6. The zero-order chi connectivity index (χ0) is 12.8. The minimum atomic E-state index is 0.308. The molecule has 0 amide bonds. The van der Waals surface area contributed by atoms with Crippen molar-refractivity contribution in [1.82, 2.24) is 19.9 Å². The van der Waals surface area contributed by atoms with Crippen molar-refractivity contribution in [2.75, 3.05) is 6.54 Å². The minimum absolute atomic E-state index is 0.308. The van der Waals surface area contributed by atoms with Crippen molar-refractivity contribution in [2.45, 2.75) is 25.8 Å². The summed E-state index contributed by atoms with van der Waals surface area (Å²) in [5.74, 6) is 1.10. The Morgan fingerprint density at radius 1 is 1.28 bits per heavy atom. The first-order valence-corrected chi connectivity index (χ1v) is 6.40. The number of nitrogens with zero attached hydrogens (tertiary/aromatic N) is 3. The molecule has 0 saturated heterocycles. The van der Waals surface area contributed by atoms with Gasteiger partial charge >= 0.3 is 0 Å². The van der Waals surface area contributed by atoms with Crippen molar-refractivity contribution >= 4 is 0 Å². The van der Waals surface area contributed by atoms with Crippen LogP contribution in [0.4, 0.5) is 0 Å². The van der Waals surface area contributed by atoms with Crippen LogP contribution in [0.3, 0.4) is 0 Å². The molecule has 0 saturated carbocycles. The highest BCUT2D eigenvalue weighted by atomic mass is 15.1. The van der Waals surface area contributed by atoms with E-state index in [9.17, 15) is 0 Å². The molecule has 4 nitrogen and oxygen atoms in total. The average Bonchev–Trinajstić information content (AvgIpc) is 2.82. The summed E-state index contributed by atoms with van der Waals surface area (Å²) in [6.07, 6.45) is 9.62. The first-order chi connectivity index (χ1) is 8.81. The highest BCUT2D eigenvalue weighted by molar-refractivity contribution is 5.11. The molecular formula is C14H20N4. The highest BCUT2D eigenvalue weighted by Gasteiger charge is 2.14. The molecule has 1 unspecified atom stereocenters. The van der Waals surface area contributed by atoms with Crippen molar-refractivity contribution in [3.63, 3.8) is 0 Å². The van der Waals surface area contributed by atoms with Gasteiger partial charge in [0.2, 0.25) is 0 Å². The van der Waals surface area contributed by atoms with Gasteiger partial charge in [0.05, 0.1) is 6.04 Å². The van der Waals surface area contributed by atoms with Crippen LogP contribution in [-0.4, -0.2) is 21.1 Å². The number of aryl methyl sites for hydroxylation is 2. The molecule has 18 heavy (non-hydrogen) atoms. The lowest BCUT2D eigenvalue weighted by Crippen LogP contribution is -2.24. The molecule has 2 aromatic heterocycles. The first-order valence-electron chi connectivity index (χ1n) is 6.40. The quantitative estimate of drug-likeness (QED) is 0.846. The maximum absolute atomic E-state index is 4.44. The van der Waals surface area contributed by atoms with Crippen molar-refractivity contribution in [3.8, 4) is 0 Å². The van der Waals surface area contributed by atoms with E-state index in [1.54, 1.807) is 0 Å². The molecular weight excluding hydrogens is 224 g/mol. The van der Waals surface area contributed by atoms with Crippen molar-refractivity contribution in [2.24, 2.45) is 7.05 Å². The maximum Gasteiger partial charge on any atom is 0.125 e. The smallest absolute Gasteiger partial charge is 0.125 e. The Kier molecular flexibility index (Phi) is 4.47. The molecule has 0 spiro atoms. The molecule has 0 aromatic carbocycles. The predicted octanol–water partition coefficient (Wildman–Crippen LogP) is 2.10. The SMILES string of the molecule is CCNC(CCc1ccncc1)c1nccn1C. The Morgan fingerprint density at radius 2 is 2.06 bits per heavy atom. The lowest BCUT2D eigenvalue weighted by atomic mass is 10.1. The Bertz CT molecular complexity index is 464. The predicted molar refractivity (Wildman–Crippen MR) is 72.2 cm³/mol. The van der Waals surface area contributed by atoms with Gasteiger partial charge in [-0.15, -0.1) is 0 Å². The summed E-state index contributed by atoms with van der Waals surface area (Å²) in [6, 6.07) is 4.45. The molecule has 2 aromatic rings. The topological polar surface area (TPSA) is 42.7 Å². The number of imidazole rings is 1. The summed E-state index contributed by atoms with van der Waals surface area (Å²) >= 11 is 0. The lowest BCUT2D eigenvalue weighted by molar-refractivity contribution is 0.478. The summed E-state index contributed by atoms with van der Waals surface area (Å²) in [6.45, 7) is 3.08. The number of pyridine rings is 1. The zero-order valence-electron chi connectivity index (χ0n) is 11.0. The maximum atomic E-state index is 4.44. The number of hydrogen-bond acceptors (Lipinski definition) is 3. The molecule has 0 aliphatic heterocycles. The molecule has 4 heteroatoms. The van der Waals surface area contributed by atoms with Crippen LogP contribution in [0, 0.1) is 0 Å². The van der Waals surface area contributed by atoms with E-state index in [0.717, 1.165) is 25.2 Å². The molecule has 1 N–H and O–H groups in total. The fraction of sp³-hybridized carbons (Fsp3) is 0.429. The van der Waals surface area contributed by atoms with Crippen LogP contribution in [0.25, 0.3) is 0 Å². The Hall–Kier alpha value is -1.68. The van der Waals surface area contributed by atoms with Gasteiger partial charge < -0.3 is 9.88 Å². The summed E-state index contributed by atoms with van der Waals surface area (Å²) in [5.41, 5.74) is 1.32. The van der Waals surface area contributed by atoms with Gasteiger partial charge in [-0.3, -0.25) is 4.98 Å². The van der Waals surface area contributed by atoms with Crippen LogP contribution in [-0.2, 0) is 13.5 Å². The monoisotopic (exact) mass is 244 g/mol. The molecule has 0 bridgehead atoms. The molecule has 0 fully saturated rings. The summed E-state index contributed by atoms with van der Waals surface area (Å²) in [5, 5.41) is 3.50. The van der Waals surface area contributed by atoms with Gasteiger partial charge in [-0.1, -0.05) is 6.92 Å². The molecule has 1 atom stereocenters. The van der Waals surface area contributed by atoms with Crippen LogP contribution < -0.4 is 5.32 Å². The van der Waals surface area contributed by atoms with E-state index in [2.05, 4.69) is 38.9 Å². The number of hydrogen-bond donors (Lipinski definition) is 1. The zero-order valence-corrected chi connectivity index (χ0v) is 11.0.